The standard InChI is InChI=1S/C26H38FN5O4Si/c1-26(2,3)37(5,6)36-18-19-8-7-9-22(23(19)27)20-16-29-24(30-17-20)32-12-10-21(11-13-32)31-35-15-14-34-25(33)28-4/h7-9,16-17H,10-15,18H2,1-6H3,(H,28,33). The monoisotopic (exact) mass is 531 g/mol. The molecule has 3 rings (SSSR count). The number of halogens is 1. The van der Waals surface area contributed by atoms with Crippen LogP contribution < -0.4 is 10.2 Å². The van der Waals surface area contributed by atoms with Gasteiger partial charge in [-0.15, -0.1) is 0 Å². The van der Waals surface area contributed by atoms with Crippen LogP contribution in [0.4, 0.5) is 15.1 Å². The van der Waals surface area contributed by atoms with Gasteiger partial charge in [-0.25, -0.2) is 19.2 Å². The van der Waals surface area contributed by atoms with E-state index in [1.807, 2.05) is 6.07 Å². The van der Waals surface area contributed by atoms with E-state index in [1.54, 1.807) is 24.5 Å². The van der Waals surface area contributed by atoms with Crippen LogP contribution in [0.15, 0.2) is 35.7 Å². The number of rotatable bonds is 9. The minimum atomic E-state index is -1.99. The summed E-state index contributed by atoms with van der Waals surface area (Å²) in [5.41, 5.74) is 2.57. The molecule has 0 saturated carbocycles. The number of amides is 1. The van der Waals surface area contributed by atoms with Crippen LogP contribution in [0, 0.1) is 5.82 Å². The largest absolute Gasteiger partial charge is 0.446 e. The third-order valence-corrected chi connectivity index (χ3v) is 11.3. The number of piperidine rings is 1. The Bertz CT molecular complexity index is 1080. The number of hydrogen-bond acceptors (Lipinski definition) is 8. The van der Waals surface area contributed by atoms with Crippen molar-refractivity contribution in [3.63, 3.8) is 0 Å². The first-order valence-corrected chi connectivity index (χ1v) is 15.4. The molecule has 11 heteroatoms. The molecule has 1 aliphatic rings. The number of oxime groups is 1. The average molecular weight is 532 g/mol. The molecule has 0 atom stereocenters. The number of ether oxygens (including phenoxy) is 1. The summed E-state index contributed by atoms with van der Waals surface area (Å²) in [5, 5.41) is 6.56. The van der Waals surface area contributed by atoms with Crippen LogP contribution >= 0.6 is 0 Å². The van der Waals surface area contributed by atoms with E-state index in [4.69, 9.17) is 14.0 Å². The van der Waals surface area contributed by atoms with Gasteiger partial charge in [-0.1, -0.05) is 44.1 Å². The minimum Gasteiger partial charge on any atom is -0.446 e. The SMILES string of the molecule is CNC(=O)OCCON=C1CCN(c2ncc(-c3cccc(CO[Si](C)(C)C(C)(C)C)c3F)cn2)CC1. The highest BCUT2D eigenvalue weighted by Gasteiger charge is 2.37. The zero-order valence-electron chi connectivity index (χ0n) is 22.6. The molecule has 0 radical (unpaired) electrons. The summed E-state index contributed by atoms with van der Waals surface area (Å²) >= 11 is 0. The molecule has 1 aromatic heterocycles. The zero-order valence-corrected chi connectivity index (χ0v) is 23.6. The number of aromatic nitrogens is 2. The summed E-state index contributed by atoms with van der Waals surface area (Å²) < 4.78 is 26.4. The minimum absolute atomic E-state index is 0.0572. The van der Waals surface area contributed by atoms with E-state index >= 15 is 4.39 Å². The van der Waals surface area contributed by atoms with E-state index in [2.05, 4.69) is 59.2 Å². The second kappa shape index (κ2) is 12.5. The van der Waals surface area contributed by atoms with Crippen molar-refractivity contribution in [3.8, 4) is 11.1 Å². The van der Waals surface area contributed by atoms with Gasteiger partial charge in [0.25, 0.3) is 0 Å². The van der Waals surface area contributed by atoms with E-state index in [0.29, 0.717) is 48.6 Å². The molecule has 0 spiro atoms. The van der Waals surface area contributed by atoms with Crippen LogP contribution in [0.5, 0.6) is 0 Å². The van der Waals surface area contributed by atoms with Gasteiger partial charge < -0.3 is 24.2 Å². The first kappa shape index (κ1) is 28.5. The molecule has 0 unspecified atom stereocenters. The predicted molar refractivity (Wildman–Crippen MR) is 145 cm³/mol. The van der Waals surface area contributed by atoms with Crippen LogP contribution in [0.3, 0.4) is 0 Å². The van der Waals surface area contributed by atoms with E-state index in [-0.39, 0.29) is 30.7 Å². The Hall–Kier alpha value is -3.05. The molecule has 1 N–H and O–H groups in total. The lowest BCUT2D eigenvalue weighted by Crippen LogP contribution is -2.40. The Balaban J connectivity index is 1.56. The van der Waals surface area contributed by atoms with Crippen molar-refractivity contribution in [2.45, 2.75) is 58.4 Å². The lowest BCUT2D eigenvalue weighted by molar-refractivity contribution is 0.0769. The Labute approximate surface area is 219 Å². The van der Waals surface area contributed by atoms with Gasteiger partial charge in [-0.05, 0) is 18.1 Å². The van der Waals surface area contributed by atoms with Gasteiger partial charge in [-0.3, -0.25) is 0 Å². The van der Waals surface area contributed by atoms with Gasteiger partial charge in [0, 0.05) is 62.1 Å². The maximum atomic E-state index is 15.4. The summed E-state index contributed by atoms with van der Waals surface area (Å²) in [5.74, 6) is 0.303. The highest BCUT2D eigenvalue weighted by atomic mass is 28.4. The van der Waals surface area contributed by atoms with Crippen molar-refractivity contribution in [1.82, 2.24) is 15.3 Å². The van der Waals surface area contributed by atoms with Crippen molar-refractivity contribution < 1.29 is 23.2 Å². The number of alkyl carbamates (subject to hydrolysis) is 1. The molecule has 0 bridgehead atoms. The molecule has 1 amide bonds. The molecule has 202 valence electrons. The fraction of sp³-hybridized carbons (Fsp3) is 0.538. The third-order valence-electron chi connectivity index (χ3n) is 6.85. The van der Waals surface area contributed by atoms with Crippen molar-refractivity contribution in [3.05, 3.63) is 42.0 Å². The van der Waals surface area contributed by atoms with Gasteiger partial charge in [-0.2, -0.15) is 0 Å². The highest BCUT2D eigenvalue weighted by molar-refractivity contribution is 6.74. The molecule has 1 aromatic carbocycles. The Morgan fingerprint density at radius 2 is 1.84 bits per heavy atom. The van der Waals surface area contributed by atoms with Gasteiger partial charge in [0.05, 0.1) is 12.3 Å². The Morgan fingerprint density at radius 1 is 1.16 bits per heavy atom. The topological polar surface area (TPSA) is 98.2 Å². The summed E-state index contributed by atoms with van der Waals surface area (Å²) in [7, 11) is -0.492. The second-order valence-electron chi connectivity index (χ2n) is 10.5. The third kappa shape index (κ3) is 7.72. The Morgan fingerprint density at radius 3 is 2.46 bits per heavy atom. The molecule has 2 heterocycles. The average Bonchev–Trinajstić information content (AvgIpc) is 2.87. The van der Waals surface area contributed by atoms with Crippen molar-refractivity contribution in [2.24, 2.45) is 5.16 Å². The molecule has 1 aliphatic heterocycles. The normalized spacial score (nSPS) is 14.4. The number of anilines is 1. The predicted octanol–water partition coefficient (Wildman–Crippen LogP) is 5.13. The molecule has 0 aliphatic carbocycles. The van der Waals surface area contributed by atoms with E-state index in [1.165, 1.54) is 7.05 Å². The van der Waals surface area contributed by atoms with E-state index < -0.39 is 14.4 Å². The lowest BCUT2D eigenvalue weighted by atomic mass is 10.1. The molecule has 37 heavy (non-hydrogen) atoms. The van der Waals surface area contributed by atoms with E-state index in [0.717, 1.165) is 5.71 Å². The molecular formula is C26H38FN5O4Si. The second-order valence-corrected chi connectivity index (χ2v) is 15.3. The number of nitrogens with zero attached hydrogens (tertiary/aromatic N) is 4. The Kier molecular flexibility index (Phi) is 9.60. The summed E-state index contributed by atoms with van der Waals surface area (Å²) in [6.45, 7) is 12.8. The quantitative estimate of drug-likeness (QED) is 0.272. The number of benzene rings is 1. The molecule has 9 nitrogen and oxygen atoms in total. The fourth-order valence-corrected chi connectivity index (χ4v) is 4.40. The highest BCUT2D eigenvalue weighted by Crippen LogP contribution is 2.37. The first-order valence-electron chi connectivity index (χ1n) is 12.5. The van der Waals surface area contributed by atoms with Gasteiger partial charge in [0.15, 0.2) is 14.9 Å². The summed E-state index contributed by atoms with van der Waals surface area (Å²) in [6, 6.07) is 5.36. The molecule has 1 saturated heterocycles. The van der Waals surface area contributed by atoms with Gasteiger partial charge >= 0.3 is 6.09 Å². The van der Waals surface area contributed by atoms with Crippen molar-refractivity contribution >= 4 is 26.1 Å². The van der Waals surface area contributed by atoms with Crippen molar-refractivity contribution in [1.29, 1.82) is 0 Å². The fourth-order valence-electron chi connectivity index (χ4n) is 3.45. The van der Waals surface area contributed by atoms with Crippen molar-refractivity contribution in [2.75, 3.05) is 38.3 Å². The van der Waals surface area contributed by atoms with Crippen LogP contribution in [0.1, 0.15) is 39.2 Å². The first-order chi connectivity index (χ1) is 17.5. The molecular weight excluding hydrogens is 493 g/mol. The number of nitrogens with one attached hydrogen (secondary N) is 1. The summed E-state index contributed by atoms with van der Waals surface area (Å²) in [4.78, 5) is 27.3. The smallest absolute Gasteiger partial charge is 0.406 e. The number of hydrogen-bond donors (Lipinski definition) is 1. The number of carbonyl (C=O) groups excluding carboxylic acids is 1. The molecule has 1 fully saturated rings. The van der Waals surface area contributed by atoms with Crippen LogP contribution in [-0.2, 0) is 20.6 Å². The maximum Gasteiger partial charge on any atom is 0.406 e. The maximum absolute atomic E-state index is 15.4. The lowest BCUT2D eigenvalue weighted by Gasteiger charge is -2.36. The van der Waals surface area contributed by atoms with Crippen LogP contribution in [-0.4, -0.2) is 63.4 Å². The van der Waals surface area contributed by atoms with E-state index in [9.17, 15) is 4.79 Å². The van der Waals surface area contributed by atoms with Crippen LogP contribution in [0.25, 0.3) is 11.1 Å². The number of carbonyl (C=O) groups is 1. The molecule has 2 aromatic rings. The summed E-state index contributed by atoms with van der Waals surface area (Å²) in [6.07, 6.45) is 4.26. The zero-order chi connectivity index (χ0) is 27.1. The van der Waals surface area contributed by atoms with Gasteiger partial charge in [0.1, 0.15) is 12.4 Å². The van der Waals surface area contributed by atoms with Gasteiger partial charge in [0.2, 0.25) is 5.95 Å². The van der Waals surface area contributed by atoms with Crippen LogP contribution in [0.2, 0.25) is 18.1 Å².